The molecule has 3 rings (SSSR count). The number of aromatic nitrogens is 1. The van der Waals surface area contributed by atoms with Crippen LogP contribution in [0.25, 0.3) is 11.1 Å². The average Bonchev–Trinajstić information content (AvgIpc) is 2.63. The van der Waals surface area contributed by atoms with Gasteiger partial charge >= 0.3 is 0 Å². The molecule has 0 aliphatic heterocycles. The highest BCUT2D eigenvalue weighted by Crippen LogP contribution is 2.27. The minimum atomic E-state index is -3.81. The van der Waals surface area contributed by atoms with Crippen molar-refractivity contribution < 1.29 is 13.3 Å². The zero-order chi connectivity index (χ0) is 18.9. The monoisotopic (exact) mass is 369 g/mol. The number of pyridine rings is 1. The molecular weight excluding hydrogens is 350 g/mol. The average molecular weight is 369 g/mol. The molecule has 0 spiro atoms. The van der Waals surface area contributed by atoms with E-state index < -0.39 is 15.4 Å². The highest BCUT2D eigenvalue weighted by Gasteiger charge is 2.25. The number of nitrogens with zero attached hydrogens (tertiary/aromatic N) is 1. The van der Waals surface area contributed by atoms with Gasteiger partial charge in [-0.15, -0.1) is 4.73 Å². The Balaban J connectivity index is 2.31. The highest BCUT2D eigenvalue weighted by atomic mass is 32.2. The van der Waals surface area contributed by atoms with Crippen molar-refractivity contribution >= 4 is 9.84 Å². The van der Waals surface area contributed by atoms with E-state index in [2.05, 4.69) is 0 Å². The second kappa shape index (κ2) is 6.80. The summed E-state index contributed by atoms with van der Waals surface area (Å²) in [5.74, 6) is 0. The summed E-state index contributed by atoms with van der Waals surface area (Å²) in [4.78, 5) is 18.1. The Bertz CT molecular complexity index is 1100. The molecule has 0 unspecified atom stereocenters. The first-order chi connectivity index (χ1) is 12.4. The second-order valence-electron chi connectivity index (χ2n) is 5.97. The van der Waals surface area contributed by atoms with E-state index in [0.29, 0.717) is 5.56 Å². The summed E-state index contributed by atoms with van der Waals surface area (Å²) in [6.07, 6.45) is 0. The molecule has 0 saturated heterocycles. The van der Waals surface area contributed by atoms with Crippen molar-refractivity contribution in [2.24, 2.45) is 0 Å². The second-order valence-corrected chi connectivity index (χ2v) is 7.89. The Labute approximate surface area is 152 Å². The van der Waals surface area contributed by atoms with Crippen LogP contribution in [0.2, 0.25) is 0 Å². The summed E-state index contributed by atoms with van der Waals surface area (Å²) < 4.78 is 27.3. The van der Waals surface area contributed by atoms with Crippen molar-refractivity contribution in [3.05, 3.63) is 82.3 Å². The third-order valence-electron chi connectivity index (χ3n) is 4.24. The van der Waals surface area contributed by atoms with Crippen LogP contribution in [0.1, 0.15) is 11.3 Å². The van der Waals surface area contributed by atoms with Crippen molar-refractivity contribution in [1.29, 1.82) is 0 Å². The summed E-state index contributed by atoms with van der Waals surface area (Å²) in [5.41, 5.74) is 1.69. The van der Waals surface area contributed by atoms with Crippen LogP contribution < -0.4 is 10.4 Å². The fourth-order valence-corrected chi connectivity index (χ4v) is 4.31. The molecule has 3 aromatic rings. The van der Waals surface area contributed by atoms with Gasteiger partial charge < -0.3 is 4.84 Å². The molecule has 0 amide bonds. The summed E-state index contributed by atoms with van der Waals surface area (Å²) in [5, 5.41) is 0. The van der Waals surface area contributed by atoms with E-state index in [4.69, 9.17) is 4.84 Å². The molecule has 0 saturated carbocycles. The van der Waals surface area contributed by atoms with Gasteiger partial charge in [0, 0.05) is 0 Å². The van der Waals surface area contributed by atoms with Crippen LogP contribution in [-0.4, -0.2) is 20.3 Å². The lowest BCUT2D eigenvalue weighted by atomic mass is 10.1. The molecule has 0 aliphatic carbocycles. The molecule has 1 heterocycles. The lowest BCUT2D eigenvalue weighted by Crippen LogP contribution is -2.30. The molecular formula is C20H19NO4S. The van der Waals surface area contributed by atoms with E-state index in [1.807, 2.05) is 13.0 Å². The van der Waals surface area contributed by atoms with Crippen molar-refractivity contribution in [1.82, 2.24) is 4.73 Å². The van der Waals surface area contributed by atoms with Crippen LogP contribution in [-0.2, 0) is 9.84 Å². The van der Waals surface area contributed by atoms with Gasteiger partial charge in [0.25, 0.3) is 5.56 Å². The quantitative estimate of drug-likeness (QED) is 0.709. The molecule has 0 fully saturated rings. The van der Waals surface area contributed by atoms with Crippen LogP contribution >= 0.6 is 0 Å². The molecule has 26 heavy (non-hydrogen) atoms. The third kappa shape index (κ3) is 3.04. The van der Waals surface area contributed by atoms with Gasteiger partial charge in [0.05, 0.1) is 21.0 Å². The molecule has 0 aliphatic rings. The highest BCUT2D eigenvalue weighted by molar-refractivity contribution is 7.91. The summed E-state index contributed by atoms with van der Waals surface area (Å²) in [6, 6.07) is 17.0. The van der Waals surface area contributed by atoms with Gasteiger partial charge in [-0.05, 0) is 37.6 Å². The maximum Gasteiger partial charge on any atom is 0.291 e. The van der Waals surface area contributed by atoms with Gasteiger partial charge in [0.2, 0.25) is 9.84 Å². The predicted octanol–water partition coefficient (Wildman–Crippen LogP) is 3.02. The van der Waals surface area contributed by atoms with Crippen LogP contribution in [0.15, 0.2) is 75.2 Å². The molecule has 2 aromatic carbocycles. The smallest absolute Gasteiger partial charge is 0.291 e. The zero-order valence-corrected chi connectivity index (χ0v) is 15.6. The number of benzene rings is 2. The van der Waals surface area contributed by atoms with Crippen LogP contribution in [0.3, 0.4) is 0 Å². The van der Waals surface area contributed by atoms with Gasteiger partial charge in [-0.3, -0.25) is 4.79 Å². The zero-order valence-electron chi connectivity index (χ0n) is 14.8. The first-order valence-corrected chi connectivity index (χ1v) is 9.53. The van der Waals surface area contributed by atoms with Crippen molar-refractivity contribution in [2.45, 2.75) is 23.6 Å². The van der Waals surface area contributed by atoms with E-state index >= 15 is 0 Å². The lowest BCUT2D eigenvalue weighted by Gasteiger charge is -2.15. The molecule has 0 radical (unpaired) electrons. The van der Waals surface area contributed by atoms with E-state index in [9.17, 15) is 13.2 Å². The Morgan fingerprint density at radius 2 is 1.54 bits per heavy atom. The van der Waals surface area contributed by atoms with Crippen LogP contribution in [0.4, 0.5) is 0 Å². The van der Waals surface area contributed by atoms with Gasteiger partial charge in [-0.1, -0.05) is 48.0 Å². The topological polar surface area (TPSA) is 65.4 Å². The van der Waals surface area contributed by atoms with Crippen molar-refractivity contribution in [3.8, 4) is 11.1 Å². The fraction of sp³-hybridized carbons (Fsp3) is 0.150. The molecule has 5 nitrogen and oxygen atoms in total. The maximum atomic E-state index is 13.2. The van der Waals surface area contributed by atoms with Gasteiger partial charge in [-0.2, -0.15) is 0 Å². The van der Waals surface area contributed by atoms with Crippen LogP contribution in [0.5, 0.6) is 0 Å². The number of sulfone groups is 1. The van der Waals surface area contributed by atoms with Gasteiger partial charge in [-0.25, -0.2) is 8.42 Å². The Kier molecular flexibility index (Phi) is 4.70. The lowest BCUT2D eigenvalue weighted by molar-refractivity contribution is 0.149. The van der Waals surface area contributed by atoms with E-state index in [-0.39, 0.29) is 21.0 Å². The first kappa shape index (κ1) is 17.9. The van der Waals surface area contributed by atoms with Crippen molar-refractivity contribution in [3.63, 3.8) is 0 Å². The van der Waals surface area contributed by atoms with Crippen LogP contribution in [0, 0.1) is 13.8 Å². The summed E-state index contributed by atoms with van der Waals surface area (Å²) >= 11 is 0. The van der Waals surface area contributed by atoms with Crippen molar-refractivity contribution in [2.75, 3.05) is 7.11 Å². The Morgan fingerprint density at radius 1 is 0.923 bits per heavy atom. The molecule has 134 valence electrons. The number of aryl methyl sites for hydroxylation is 1. The largest absolute Gasteiger partial charge is 0.414 e. The van der Waals surface area contributed by atoms with E-state index in [1.165, 1.54) is 13.2 Å². The van der Waals surface area contributed by atoms with E-state index in [1.54, 1.807) is 55.5 Å². The maximum absolute atomic E-state index is 13.2. The normalized spacial score (nSPS) is 11.3. The third-order valence-corrected chi connectivity index (χ3v) is 6.12. The molecule has 1 aromatic heterocycles. The SMILES string of the molecule is COn1c(C)c(S(=O)(=O)c2ccc(C)cc2)cc(-c2ccccc2)c1=O. The predicted molar refractivity (Wildman–Crippen MR) is 100 cm³/mol. The minimum absolute atomic E-state index is 0.0432. The minimum Gasteiger partial charge on any atom is -0.414 e. The molecule has 0 bridgehead atoms. The number of hydrogen-bond donors (Lipinski definition) is 0. The number of rotatable bonds is 4. The van der Waals surface area contributed by atoms with E-state index in [0.717, 1.165) is 10.3 Å². The fourth-order valence-electron chi connectivity index (χ4n) is 2.82. The Morgan fingerprint density at radius 3 is 2.12 bits per heavy atom. The van der Waals surface area contributed by atoms with Gasteiger partial charge in [0.15, 0.2) is 0 Å². The molecule has 0 atom stereocenters. The van der Waals surface area contributed by atoms with Gasteiger partial charge in [0.1, 0.15) is 7.11 Å². The standard InChI is InChI=1S/C20H19NO4S/c1-14-9-11-17(12-10-14)26(23,24)19-13-18(16-7-5-4-6-8-16)20(22)21(25-3)15(19)2/h4-13H,1-3H3. The Hall–Kier alpha value is -2.86. The molecule has 6 heteroatoms. The number of hydrogen-bond acceptors (Lipinski definition) is 4. The summed E-state index contributed by atoms with van der Waals surface area (Å²) in [7, 11) is -2.47. The summed E-state index contributed by atoms with van der Waals surface area (Å²) in [6.45, 7) is 3.45. The first-order valence-electron chi connectivity index (χ1n) is 8.04. The molecule has 0 N–H and O–H groups in total.